The lowest BCUT2D eigenvalue weighted by Gasteiger charge is -2.15. The molecule has 7 heteroatoms. The number of rotatable bonds is 4. The first-order valence-corrected chi connectivity index (χ1v) is 9.18. The Balaban J connectivity index is 1.85. The third-order valence-electron chi connectivity index (χ3n) is 4.42. The first-order chi connectivity index (χ1) is 14.1. The molecule has 1 heterocycles. The SMILES string of the molecule is COc1ccc(C(=O)Nn2c(-c3cccc(Cl)c3)nc3ccccc3c2=O)cc1. The number of fused-ring (bicyclic) bond motifs is 1. The van der Waals surface area contributed by atoms with Crippen LogP contribution in [-0.2, 0) is 0 Å². The third-order valence-corrected chi connectivity index (χ3v) is 4.66. The predicted molar refractivity (Wildman–Crippen MR) is 113 cm³/mol. The molecule has 0 saturated carbocycles. The number of carbonyl (C=O) groups excluding carboxylic acids is 1. The smallest absolute Gasteiger partial charge is 0.280 e. The largest absolute Gasteiger partial charge is 0.497 e. The van der Waals surface area contributed by atoms with Gasteiger partial charge in [-0.15, -0.1) is 0 Å². The topological polar surface area (TPSA) is 73.2 Å². The van der Waals surface area contributed by atoms with Gasteiger partial charge in [0.1, 0.15) is 5.75 Å². The third kappa shape index (κ3) is 3.70. The Morgan fingerprint density at radius 3 is 2.52 bits per heavy atom. The van der Waals surface area contributed by atoms with Gasteiger partial charge in [0.05, 0.1) is 18.0 Å². The van der Waals surface area contributed by atoms with E-state index < -0.39 is 5.91 Å². The molecule has 0 spiro atoms. The maximum absolute atomic E-state index is 13.1. The minimum atomic E-state index is -0.449. The average Bonchev–Trinajstić information content (AvgIpc) is 2.75. The number of methoxy groups -OCH3 is 1. The molecule has 0 fully saturated rings. The normalized spacial score (nSPS) is 10.7. The fourth-order valence-corrected chi connectivity index (χ4v) is 3.16. The number of hydrogen-bond acceptors (Lipinski definition) is 4. The number of nitrogens with one attached hydrogen (secondary N) is 1. The quantitative estimate of drug-likeness (QED) is 0.554. The van der Waals surface area contributed by atoms with Crippen molar-refractivity contribution in [3.05, 3.63) is 93.7 Å². The van der Waals surface area contributed by atoms with Crippen molar-refractivity contribution < 1.29 is 9.53 Å². The molecule has 1 N–H and O–H groups in total. The number of aromatic nitrogens is 2. The van der Waals surface area contributed by atoms with Gasteiger partial charge in [-0.3, -0.25) is 15.0 Å². The van der Waals surface area contributed by atoms with Crippen molar-refractivity contribution in [2.45, 2.75) is 0 Å². The van der Waals surface area contributed by atoms with E-state index in [2.05, 4.69) is 10.4 Å². The lowest BCUT2D eigenvalue weighted by molar-refractivity contribution is 0.101. The van der Waals surface area contributed by atoms with E-state index in [0.29, 0.717) is 32.8 Å². The molecule has 0 aliphatic heterocycles. The highest BCUT2D eigenvalue weighted by atomic mass is 35.5. The first kappa shape index (κ1) is 18.7. The Labute approximate surface area is 171 Å². The van der Waals surface area contributed by atoms with Crippen molar-refractivity contribution >= 4 is 28.4 Å². The van der Waals surface area contributed by atoms with Gasteiger partial charge in [-0.25, -0.2) is 4.98 Å². The zero-order valence-corrected chi connectivity index (χ0v) is 16.2. The summed E-state index contributed by atoms with van der Waals surface area (Å²) in [6.45, 7) is 0. The van der Waals surface area contributed by atoms with Gasteiger partial charge >= 0.3 is 0 Å². The van der Waals surface area contributed by atoms with E-state index in [1.807, 2.05) is 0 Å². The fraction of sp³-hybridized carbons (Fsp3) is 0.0455. The van der Waals surface area contributed by atoms with Gasteiger partial charge < -0.3 is 4.74 Å². The van der Waals surface area contributed by atoms with Gasteiger partial charge in [0, 0.05) is 16.1 Å². The van der Waals surface area contributed by atoms with Crippen LogP contribution in [0.2, 0.25) is 5.02 Å². The number of hydrogen-bond donors (Lipinski definition) is 1. The van der Waals surface area contributed by atoms with E-state index in [1.165, 1.54) is 0 Å². The second-order valence-electron chi connectivity index (χ2n) is 6.27. The van der Waals surface area contributed by atoms with Crippen LogP contribution in [0.25, 0.3) is 22.3 Å². The Hall–Kier alpha value is -3.64. The van der Waals surface area contributed by atoms with Crippen LogP contribution >= 0.6 is 11.6 Å². The van der Waals surface area contributed by atoms with Crippen LogP contribution in [0.4, 0.5) is 0 Å². The van der Waals surface area contributed by atoms with Crippen molar-refractivity contribution in [2.24, 2.45) is 0 Å². The standard InChI is InChI=1S/C22H16ClN3O3/c1-29-17-11-9-14(10-12-17)21(27)25-26-20(15-5-4-6-16(23)13-15)24-19-8-3-2-7-18(19)22(26)28/h2-13H,1H3,(H,25,27). The Bertz CT molecular complexity index is 1270. The zero-order valence-electron chi connectivity index (χ0n) is 15.4. The van der Waals surface area contributed by atoms with E-state index in [9.17, 15) is 9.59 Å². The predicted octanol–water partition coefficient (Wildman–Crippen LogP) is 4.11. The van der Waals surface area contributed by atoms with Gasteiger partial charge in [-0.2, -0.15) is 4.68 Å². The van der Waals surface area contributed by atoms with Crippen LogP contribution in [0, 0.1) is 0 Å². The van der Waals surface area contributed by atoms with E-state index in [1.54, 1.807) is 79.9 Å². The molecule has 1 aromatic heterocycles. The number of carbonyl (C=O) groups is 1. The molecule has 0 aliphatic rings. The number of nitrogens with zero attached hydrogens (tertiary/aromatic N) is 2. The lowest BCUT2D eigenvalue weighted by Crippen LogP contribution is -2.35. The summed E-state index contributed by atoms with van der Waals surface area (Å²) < 4.78 is 6.27. The van der Waals surface area contributed by atoms with Gasteiger partial charge in [-0.05, 0) is 48.5 Å². The lowest BCUT2D eigenvalue weighted by atomic mass is 10.2. The summed E-state index contributed by atoms with van der Waals surface area (Å²) in [5.74, 6) is 0.471. The molecule has 4 aromatic rings. The number of amides is 1. The fourth-order valence-electron chi connectivity index (χ4n) is 2.97. The number of para-hydroxylation sites is 1. The highest BCUT2D eigenvalue weighted by molar-refractivity contribution is 6.30. The molecule has 0 aliphatic carbocycles. The van der Waals surface area contributed by atoms with Gasteiger partial charge in [0.25, 0.3) is 11.5 Å². The highest BCUT2D eigenvalue weighted by Crippen LogP contribution is 2.22. The summed E-state index contributed by atoms with van der Waals surface area (Å²) in [5.41, 5.74) is 3.79. The van der Waals surface area contributed by atoms with Crippen LogP contribution in [0.15, 0.2) is 77.6 Å². The zero-order chi connectivity index (χ0) is 20.4. The van der Waals surface area contributed by atoms with E-state index in [4.69, 9.17) is 16.3 Å². The van der Waals surface area contributed by atoms with Crippen LogP contribution in [0.5, 0.6) is 5.75 Å². The maximum Gasteiger partial charge on any atom is 0.280 e. The molecule has 0 unspecified atom stereocenters. The molecule has 4 rings (SSSR count). The minimum absolute atomic E-state index is 0.290. The molecule has 29 heavy (non-hydrogen) atoms. The summed E-state index contributed by atoms with van der Waals surface area (Å²) in [6.07, 6.45) is 0. The van der Waals surface area contributed by atoms with Crippen LogP contribution in [0.3, 0.4) is 0 Å². The molecule has 0 saturated heterocycles. The second-order valence-corrected chi connectivity index (χ2v) is 6.71. The Kier molecular flexibility index (Phi) is 5.01. The summed E-state index contributed by atoms with van der Waals surface area (Å²) >= 11 is 6.12. The van der Waals surface area contributed by atoms with Crippen molar-refractivity contribution in [1.29, 1.82) is 0 Å². The van der Waals surface area contributed by atoms with Crippen LogP contribution in [0.1, 0.15) is 10.4 Å². The van der Waals surface area contributed by atoms with E-state index >= 15 is 0 Å². The van der Waals surface area contributed by atoms with Crippen LogP contribution < -0.4 is 15.7 Å². The minimum Gasteiger partial charge on any atom is -0.497 e. The summed E-state index contributed by atoms with van der Waals surface area (Å²) in [5, 5.41) is 0.895. The number of benzene rings is 3. The molecule has 6 nitrogen and oxygen atoms in total. The monoisotopic (exact) mass is 405 g/mol. The molecule has 0 bridgehead atoms. The van der Waals surface area contributed by atoms with E-state index in [-0.39, 0.29) is 11.4 Å². The van der Waals surface area contributed by atoms with Crippen molar-refractivity contribution in [3.8, 4) is 17.1 Å². The molecule has 0 atom stereocenters. The maximum atomic E-state index is 13.1. The second kappa shape index (κ2) is 7.77. The summed E-state index contributed by atoms with van der Waals surface area (Å²) in [7, 11) is 1.55. The van der Waals surface area contributed by atoms with Gasteiger partial charge in [-0.1, -0.05) is 35.9 Å². The Morgan fingerprint density at radius 1 is 1.03 bits per heavy atom. The van der Waals surface area contributed by atoms with Crippen molar-refractivity contribution in [3.63, 3.8) is 0 Å². The molecule has 0 radical (unpaired) electrons. The Morgan fingerprint density at radius 2 is 1.79 bits per heavy atom. The van der Waals surface area contributed by atoms with Gasteiger partial charge in [0.2, 0.25) is 0 Å². The molecular formula is C22H16ClN3O3. The van der Waals surface area contributed by atoms with E-state index in [0.717, 1.165) is 4.68 Å². The summed E-state index contributed by atoms with van der Waals surface area (Å²) in [6, 6.07) is 20.5. The summed E-state index contributed by atoms with van der Waals surface area (Å²) in [4.78, 5) is 30.5. The number of ether oxygens (including phenoxy) is 1. The molecule has 3 aromatic carbocycles. The molecule has 144 valence electrons. The van der Waals surface area contributed by atoms with Crippen molar-refractivity contribution in [1.82, 2.24) is 9.66 Å². The molecule has 1 amide bonds. The molecular weight excluding hydrogens is 390 g/mol. The van der Waals surface area contributed by atoms with Crippen LogP contribution in [-0.4, -0.2) is 22.7 Å². The first-order valence-electron chi connectivity index (χ1n) is 8.80. The van der Waals surface area contributed by atoms with Crippen molar-refractivity contribution in [2.75, 3.05) is 12.5 Å². The van der Waals surface area contributed by atoms with Gasteiger partial charge in [0.15, 0.2) is 5.82 Å². The average molecular weight is 406 g/mol. The highest BCUT2D eigenvalue weighted by Gasteiger charge is 2.16. The number of halogens is 1.